The van der Waals surface area contributed by atoms with E-state index in [-0.39, 0.29) is 17.7 Å². The van der Waals surface area contributed by atoms with Gasteiger partial charge in [0.15, 0.2) is 5.96 Å². The van der Waals surface area contributed by atoms with Crippen LogP contribution in [0.3, 0.4) is 0 Å². The number of pyridine rings is 1. The summed E-state index contributed by atoms with van der Waals surface area (Å²) in [5.74, 6) is -0.427. The first-order chi connectivity index (χ1) is 9.06. The van der Waals surface area contributed by atoms with Gasteiger partial charge >= 0.3 is 0 Å². The van der Waals surface area contributed by atoms with Crippen molar-refractivity contribution in [2.45, 2.75) is 12.8 Å². The zero-order chi connectivity index (χ0) is 13.8. The zero-order valence-corrected chi connectivity index (χ0v) is 10.3. The van der Waals surface area contributed by atoms with Crippen LogP contribution in [0.5, 0.6) is 0 Å². The number of halogens is 1. The summed E-state index contributed by atoms with van der Waals surface area (Å²) >= 11 is 0. The van der Waals surface area contributed by atoms with Gasteiger partial charge < -0.3 is 17.2 Å². The second kappa shape index (κ2) is 5.47. The number of nitrogens with zero attached hydrogens (tertiary/aromatic N) is 3. The molecule has 19 heavy (non-hydrogen) atoms. The quantitative estimate of drug-likeness (QED) is 0.530. The first-order valence-corrected chi connectivity index (χ1v) is 5.79. The largest absolute Gasteiger partial charge is 0.370 e. The molecule has 6 nitrogen and oxygen atoms in total. The van der Waals surface area contributed by atoms with Crippen molar-refractivity contribution in [3.63, 3.8) is 0 Å². The minimum Gasteiger partial charge on any atom is -0.370 e. The SMILES string of the molecule is NC(N)=NC(N)=NCCC1=CCc2ncc(F)cc21. The molecule has 0 unspecified atom stereocenters. The predicted molar refractivity (Wildman–Crippen MR) is 72.8 cm³/mol. The van der Waals surface area contributed by atoms with Crippen molar-refractivity contribution >= 4 is 17.5 Å². The number of rotatable bonds is 3. The third-order valence-electron chi connectivity index (χ3n) is 2.72. The monoisotopic (exact) mass is 262 g/mol. The fourth-order valence-corrected chi connectivity index (χ4v) is 1.93. The Morgan fingerprint density at radius 2 is 2.16 bits per heavy atom. The van der Waals surface area contributed by atoms with Crippen molar-refractivity contribution in [1.82, 2.24) is 4.98 Å². The van der Waals surface area contributed by atoms with E-state index in [0.717, 1.165) is 23.3 Å². The number of fused-ring (bicyclic) bond motifs is 1. The first-order valence-electron chi connectivity index (χ1n) is 5.79. The zero-order valence-electron chi connectivity index (χ0n) is 10.3. The Kier molecular flexibility index (Phi) is 3.74. The maximum absolute atomic E-state index is 13.1. The second-order valence-corrected chi connectivity index (χ2v) is 4.11. The lowest BCUT2D eigenvalue weighted by Gasteiger charge is -2.03. The van der Waals surface area contributed by atoms with Crippen molar-refractivity contribution in [3.8, 4) is 0 Å². The van der Waals surface area contributed by atoms with Crippen LogP contribution in [-0.2, 0) is 6.42 Å². The van der Waals surface area contributed by atoms with Crippen LogP contribution in [0.4, 0.5) is 4.39 Å². The molecule has 0 saturated carbocycles. The fourth-order valence-electron chi connectivity index (χ4n) is 1.93. The average molecular weight is 262 g/mol. The third kappa shape index (κ3) is 3.27. The predicted octanol–water partition coefficient (Wildman–Crippen LogP) is 0.138. The lowest BCUT2D eigenvalue weighted by molar-refractivity contribution is 0.619. The molecule has 0 fully saturated rings. The van der Waals surface area contributed by atoms with Crippen molar-refractivity contribution < 1.29 is 4.39 Å². The first kappa shape index (κ1) is 13.0. The molecule has 1 aliphatic rings. The minimum atomic E-state index is -0.338. The lowest BCUT2D eigenvalue weighted by atomic mass is 10.1. The number of aliphatic imine (C=N–C) groups is 2. The van der Waals surface area contributed by atoms with Crippen molar-refractivity contribution in [2.75, 3.05) is 6.54 Å². The fraction of sp³-hybridized carbons (Fsp3) is 0.250. The highest BCUT2D eigenvalue weighted by atomic mass is 19.1. The highest BCUT2D eigenvalue weighted by Crippen LogP contribution is 2.28. The summed E-state index contributed by atoms with van der Waals surface area (Å²) in [4.78, 5) is 11.7. The Morgan fingerprint density at radius 3 is 2.89 bits per heavy atom. The van der Waals surface area contributed by atoms with Gasteiger partial charge in [-0.2, -0.15) is 4.99 Å². The Balaban J connectivity index is 2.00. The molecule has 1 aliphatic carbocycles. The normalized spacial score (nSPS) is 13.9. The van der Waals surface area contributed by atoms with Crippen LogP contribution in [0, 0.1) is 5.82 Å². The van der Waals surface area contributed by atoms with Crippen molar-refractivity contribution in [1.29, 1.82) is 0 Å². The molecule has 0 saturated heterocycles. The molecule has 0 aromatic carbocycles. The number of hydrogen-bond acceptors (Lipinski definition) is 2. The molecule has 100 valence electrons. The lowest BCUT2D eigenvalue weighted by Crippen LogP contribution is -2.26. The summed E-state index contributed by atoms with van der Waals surface area (Å²) in [6.07, 6.45) is 4.60. The second-order valence-electron chi connectivity index (χ2n) is 4.11. The van der Waals surface area contributed by atoms with Crippen LogP contribution in [-0.4, -0.2) is 23.4 Å². The molecule has 1 aromatic heterocycles. The van der Waals surface area contributed by atoms with Crippen LogP contribution < -0.4 is 17.2 Å². The molecule has 0 amide bonds. The van der Waals surface area contributed by atoms with Gasteiger partial charge in [-0.3, -0.25) is 9.98 Å². The van der Waals surface area contributed by atoms with Crippen molar-refractivity contribution in [2.24, 2.45) is 27.2 Å². The summed E-state index contributed by atoms with van der Waals surface area (Å²) in [6.45, 7) is 0.435. The molecule has 7 heteroatoms. The summed E-state index contributed by atoms with van der Waals surface area (Å²) in [5.41, 5.74) is 18.6. The van der Waals surface area contributed by atoms with E-state index in [1.54, 1.807) is 0 Å². The molecule has 2 rings (SSSR count). The highest BCUT2D eigenvalue weighted by Gasteiger charge is 2.15. The Morgan fingerprint density at radius 1 is 1.37 bits per heavy atom. The van der Waals surface area contributed by atoms with E-state index in [4.69, 9.17) is 17.2 Å². The van der Waals surface area contributed by atoms with E-state index in [1.807, 2.05) is 6.08 Å². The van der Waals surface area contributed by atoms with Gasteiger partial charge in [0.2, 0.25) is 5.96 Å². The third-order valence-corrected chi connectivity index (χ3v) is 2.72. The highest BCUT2D eigenvalue weighted by molar-refractivity contribution is 5.92. The smallest absolute Gasteiger partial charge is 0.218 e. The van der Waals surface area contributed by atoms with Crippen LogP contribution in [0.2, 0.25) is 0 Å². The Bertz CT molecular complexity index is 572. The van der Waals surface area contributed by atoms with Gasteiger partial charge in [0.25, 0.3) is 0 Å². The number of hydrogen-bond donors (Lipinski definition) is 3. The summed E-state index contributed by atoms with van der Waals surface area (Å²) in [5, 5.41) is 0. The van der Waals surface area contributed by atoms with Crippen LogP contribution in [0.15, 0.2) is 28.3 Å². The summed E-state index contributed by atoms with van der Waals surface area (Å²) < 4.78 is 13.1. The van der Waals surface area contributed by atoms with E-state index in [1.165, 1.54) is 12.3 Å². The van der Waals surface area contributed by atoms with Crippen LogP contribution in [0.1, 0.15) is 17.7 Å². The molecule has 0 spiro atoms. The molecule has 0 bridgehead atoms. The molecule has 1 heterocycles. The van der Waals surface area contributed by atoms with Crippen molar-refractivity contribution in [3.05, 3.63) is 35.4 Å². The number of guanidine groups is 2. The van der Waals surface area contributed by atoms with Gasteiger partial charge in [0.1, 0.15) is 5.82 Å². The average Bonchev–Trinajstić information content (AvgIpc) is 2.71. The molecular weight excluding hydrogens is 247 g/mol. The number of aromatic nitrogens is 1. The molecule has 0 radical (unpaired) electrons. The molecule has 6 N–H and O–H groups in total. The van der Waals surface area contributed by atoms with E-state index in [0.29, 0.717) is 13.0 Å². The topological polar surface area (TPSA) is 116 Å². The minimum absolute atomic E-state index is 0.0381. The van der Waals surface area contributed by atoms with Gasteiger partial charge in [-0.05, 0) is 18.1 Å². The van der Waals surface area contributed by atoms with E-state index in [9.17, 15) is 4.39 Å². The van der Waals surface area contributed by atoms with Crippen LogP contribution >= 0.6 is 0 Å². The maximum atomic E-state index is 13.1. The Hall–Kier alpha value is -2.44. The van der Waals surface area contributed by atoms with Gasteiger partial charge in [0.05, 0.1) is 11.9 Å². The van der Waals surface area contributed by atoms with Crippen LogP contribution in [0.25, 0.3) is 5.57 Å². The van der Waals surface area contributed by atoms with Gasteiger partial charge in [0, 0.05) is 18.5 Å². The number of nitrogens with two attached hydrogens (primary N) is 3. The Labute approximate surface area is 109 Å². The van der Waals surface area contributed by atoms with E-state index < -0.39 is 0 Å². The molecule has 1 aromatic rings. The molecule has 0 atom stereocenters. The summed E-state index contributed by atoms with van der Waals surface area (Å²) in [6, 6.07) is 1.49. The molecular formula is C12H15FN6. The standard InChI is InChI=1S/C12H15FN6/c13-8-5-9-7(1-2-10(9)18-6-8)3-4-17-12(16)19-11(14)15/h1,5-6H,2-4H2,(H6,14,15,16,17,19). The van der Waals surface area contributed by atoms with E-state index >= 15 is 0 Å². The summed E-state index contributed by atoms with van der Waals surface area (Å²) in [7, 11) is 0. The van der Waals surface area contributed by atoms with Gasteiger partial charge in [-0.1, -0.05) is 6.08 Å². The van der Waals surface area contributed by atoms with Gasteiger partial charge in [-0.15, -0.1) is 0 Å². The van der Waals surface area contributed by atoms with E-state index in [2.05, 4.69) is 15.0 Å². The van der Waals surface area contributed by atoms with Gasteiger partial charge in [-0.25, -0.2) is 4.39 Å². The number of allylic oxidation sites excluding steroid dienone is 1. The maximum Gasteiger partial charge on any atom is 0.218 e. The molecule has 0 aliphatic heterocycles.